The molecule has 0 atom stereocenters. The predicted molar refractivity (Wildman–Crippen MR) is 61.1 cm³/mol. The highest BCUT2D eigenvalue weighted by atomic mass is 35.5. The minimum Gasteiger partial charge on any atom is -0.285 e. The number of hydrogen-bond donors (Lipinski definition) is 1. The Morgan fingerprint density at radius 2 is 1.67 bits per heavy atom. The molecular formula is C10H13ClN4. The molecule has 0 aliphatic heterocycles. The molecule has 0 spiro atoms. The van der Waals surface area contributed by atoms with Crippen molar-refractivity contribution in [3.05, 3.63) is 29.3 Å². The maximum absolute atomic E-state index is 4.40. The maximum atomic E-state index is 4.40. The van der Waals surface area contributed by atoms with Gasteiger partial charge in [0.1, 0.15) is 0 Å². The molecule has 0 radical (unpaired) electrons. The Bertz CT molecular complexity index is 427. The lowest BCUT2D eigenvalue weighted by Gasteiger charge is -2.04. The molecule has 0 aromatic carbocycles. The van der Waals surface area contributed by atoms with E-state index in [-0.39, 0.29) is 12.4 Å². The molecule has 5 heteroatoms. The molecule has 2 aromatic rings. The number of hydrogen-bond acceptors (Lipinski definition) is 3. The molecule has 0 aliphatic carbocycles. The van der Waals surface area contributed by atoms with E-state index >= 15 is 0 Å². The van der Waals surface area contributed by atoms with E-state index in [4.69, 9.17) is 0 Å². The van der Waals surface area contributed by atoms with Gasteiger partial charge in [-0.05, 0) is 26.3 Å². The smallest absolute Gasteiger partial charge is 0.162 e. The SMILES string of the molecule is Cc1nc(-c2cn[nH]c2)nc(C)c1C.Cl. The van der Waals surface area contributed by atoms with Crippen molar-refractivity contribution in [3.63, 3.8) is 0 Å². The van der Waals surface area contributed by atoms with Crippen LogP contribution in [0.2, 0.25) is 0 Å². The zero-order valence-corrected chi connectivity index (χ0v) is 9.72. The van der Waals surface area contributed by atoms with Crippen LogP contribution < -0.4 is 0 Å². The van der Waals surface area contributed by atoms with Gasteiger partial charge >= 0.3 is 0 Å². The van der Waals surface area contributed by atoms with Crippen molar-refractivity contribution in [3.8, 4) is 11.4 Å². The summed E-state index contributed by atoms with van der Waals surface area (Å²) in [5.41, 5.74) is 4.12. The fraction of sp³-hybridized carbons (Fsp3) is 0.300. The van der Waals surface area contributed by atoms with E-state index in [0.717, 1.165) is 28.3 Å². The molecule has 0 bridgehead atoms. The number of H-pyrrole nitrogens is 1. The monoisotopic (exact) mass is 224 g/mol. The largest absolute Gasteiger partial charge is 0.285 e. The quantitative estimate of drug-likeness (QED) is 0.808. The Kier molecular flexibility index (Phi) is 3.42. The van der Waals surface area contributed by atoms with Crippen LogP contribution in [0.3, 0.4) is 0 Å². The van der Waals surface area contributed by atoms with Gasteiger partial charge in [-0.15, -0.1) is 12.4 Å². The Balaban J connectivity index is 0.00000112. The van der Waals surface area contributed by atoms with Gasteiger partial charge in [-0.3, -0.25) is 5.10 Å². The average molecular weight is 225 g/mol. The van der Waals surface area contributed by atoms with Gasteiger partial charge in [-0.25, -0.2) is 9.97 Å². The van der Waals surface area contributed by atoms with Crippen LogP contribution in [0, 0.1) is 20.8 Å². The van der Waals surface area contributed by atoms with Gasteiger partial charge < -0.3 is 0 Å². The molecule has 2 heterocycles. The third-order valence-corrected chi connectivity index (χ3v) is 2.39. The van der Waals surface area contributed by atoms with Gasteiger partial charge in [0.05, 0.1) is 11.8 Å². The number of aromatic nitrogens is 4. The van der Waals surface area contributed by atoms with E-state index in [0.29, 0.717) is 0 Å². The van der Waals surface area contributed by atoms with Crippen molar-refractivity contribution in [1.82, 2.24) is 20.2 Å². The molecule has 2 aromatic heterocycles. The third-order valence-electron chi connectivity index (χ3n) is 2.39. The summed E-state index contributed by atoms with van der Waals surface area (Å²) in [6.45, 7) is 6.02. The molecule has 0 saturated carbocycles. The van der Waals surface area contributed by atoms with E-state index in [2.05, 4.69) is 20.2 Å². The number of halogens is 1. The summed E-state index contributed by atoms with van der Waals surface area (Å²) >= 11 is 0. The second kappa shape index (κ2) is 4.40. The lowest BCUT2D eigenvalue weighted by Crippen LogP contribution is -1.98. The highest BCUT2D eigenvalue weighted by molar-refractivity contribution is 5.85. The van der Waals surface area contributed by atoms with E-state index in [9.17, 15) is 0 Å². The maximum Gasteiger partial charge on any atom is 0.162 e. The molecular weight excluding hydrogens is 212 g/mol. The van der Waals surface area contributed by atoms with Gasteiger partial charge in [0.15, 0.2) is 5.82 Å². The highest BCUT2D eigenvalue weighted by Crippen LogP contribution is 2.16. The Morgan fingerprint density at radius 1 is 1.07 bits per heavy atom. The van der Waals surface area contributed by atoms with Crippen molar-refractivity contribution in [2.45, 2.75) is 20.8 Å². The first kappa shape index (κ1) is 11.7. The number of rotatable bonds is 1. The minimum absolute atomic E-state index is 0. The van der Waals surface area contributed by atoms with Crippen LogP contribution in [-0.4, -0.2) is 20.2 Å². The predicted octanol–water partition coefficient (Wildman–Crippen LogP) is 2.21. The lowest BCUT2D eigenvalue weighted by molar-refractivity contribution is 1.02. The van der Waals surface area contributed by atoms with Crippen LogP contribution in [0.15, 0.2) is 12.4 Å². The standard InChI is InChI=1S/C10H12N4.ClH/c1-6-7(2)13-10(14-8(6)3)9-4-11-12-5-9;/h4-5H,1-3H3,(H,11,12);1H. The number of nitrogens with one attached hydrogen (secondary N) is 1. The normalized spacial score (nSPS) is 9.80. The second-order valence-electron chi connectivity index (χ2n) is 3.33. The molecule has 0 aliphatic rings. The molecule has 2 rings (SSSR count). The molecule has 0 amide bonds. The van der Waals surface area contributed by atoms with Crippen LogP contribution in [0.1, 0.15) is 17.0 Å². The van der Waals surface area contributed by atoms with Gasteiger partial charge in [-0.1, -0.05) is 0 Å². The summed E-state index contributed by atoms with van der Waals surface area (Å²) < 4.78 is 0. The Morgan fingerprint density at radius 3 is 2.13 bits per heavy atom. The van der Waals surface area contributed by atoms with Crippen LogP contribution in [0.4, 0.5) is 0 Å². The minimum atomic E-state index is 0. The topological polar surface area (TPSA) is 54.5 Å². The van der Waals surface area contributed by atoms with Crippen LogP contribution in [-0.2, 0) is 0 Å². The molecule has 4 nitrogen and oxygen atoms in total. The van der Waals surface area contributed by atoms with Gasteiger partial charge in [0, 0.05) is 17.6 Å². The third kappa shape index (κ3) is 2.15. The zero-order valence-electron chi connectivity index (χ0n) is 8.90. The fourth-order valence-electron chi connectivity index (χ4n) is 1.27. The molecule has 0 saturated heterocycles. The van der Waals surface area contributed by atoms with Gasteiger partial charge in [-0.2, -0.15) is 5.10 Å². The van der Waals surface area contributed by atoms with Gasteiger partial charge in [0.25, 0.3) is 0 Å². The van der Waals surface area contributed by atoms with E-state index < -0.39 is 0 Å². The van der Waals surface area contributed by atoms with Crippen LogP contribution in [0.25, 0.3) is 11.4 Å². The molecule has 15 heavy (non-hydrogen) atoms. The second-order valence-corrected chi connectivity index (χ2v) is 3.33. The zero-order chi connectivity index (χ0) is 10.1. The highest BCUT2D eigenvalue weighted by Gasteiger charge is 2.06. The summed E-state index contributed by atoms with van der Waals surface area (Å²) in [5, 5.41) is 6.63. The van der Waals surface area contributed by atoms with Crippen molar-refractivity contribution in [1.29, 1.82) is 0 Å². The number of aromatic amines is 1. The Labute approximate surface area is 94.6 Å². The Hall–Kier alpha value is -1.42. The first-order valence-electron chi connectivity index (χ1n) is 4.49. The van der Waals surface area contributed by atoms with E-state index in [1.165, 1.54) is 0 Å². The first-order chi connectivity index (χ1) is 6.68. The average Bonchev–Trinajstić information content (AvgIpc) is 2.66. The fourth-order valence-corrected chi connectivity index (χ4v) is 1.27. The summed E-state index contributed by atoms with van der Waals surface area (Å²) in [4.78, 5) is 8.81. The van der Waals surface area contributed by atoms with Gasteiger partial charge in [0.2, 0.25) is 0 Å². The van der Waals surface area contributed by atoms with E-state index in [1.54, 1.807) is 12.4 Å². The molecule has 1 N–H and O–H groups in total. The molecule has 0 fully saturated rings. The summed E-state index contributed by atoms with van der Waals surface area (Å²) in [5.74, 6) is 0.736. The number of aryl methyl sites for hydroxylation is 2. The van der Waals surface area contributed by atoms with Crippen LogP contribution >= 0.6 is 12.4 Å². The first-order valence-corrected chi connectivity index (χ1v) is 4.49. The van der Waals surface area contributed by atoms with E-state index in [1.807, 2.05) is 20.8 Å². The van der Waals surface area contributed by atoms with Crippen molar-refractivity contribution < 1.29 is 0 Å². The van der Waals surface area contributed by atoms with Crippen molar-refractivity contribution in [2.24, 2.45) is 0 Å². The lowest BCUT2D eigenvalue weighted by atomic mass is 10.2. The van der Waals surface area contributed by atoms with Crippen LogP contribution in [0.5, 0.6) is 0 Å². The summed E-state index contributed by atoms with van der Waals surface area (Å²) in [7, 11) is 0. The summed E-state index contributed by atoms with van der Waals surface area (Å²) in [6.07, 6.45) is 3.52. The number of nitrogens with zero attached hydrogens (tertiary/aromatic N) is 3. The molecule has 0 unspecified atom stereocenters. The van der Waals surface area contributed by atoms with Crippen molar-refractivity contribution in [2.75, 3.05) is 0 Å². The van der Waals surface area contributed by atoms with Crippen molar-refractivity contribution >= 4 is 12.4 Å². The summed E-state index contributed by atoms with van der Waals surface area (Å²) in [6, 6.07) is 0. The molecule has 80 valence electrons.